The molecule has 0 unspecified atom stereocenters. The zero-order valence-corrected chi connectivity index (χ0v) is 22.9. The molecule has 0 spiro atoms. The zero-order valence-electron chi connectivity index (χ0n) is 20.5. The number of halogens is 2. The SMILES string of the molecule is CCOc1ccc(NC(=O)C[C@H]2C(=O)N(c3ccc(C)cc3)C(=S)N2CCc2ccc(Cl)cc2Cl)cc1. The summed E-state index contributed by atoms with van der Waals surface area (Å²) < 4.78 is 5.45. The van der Waals surface area contributed by atoms with Crippen LogP contribution in [0.1, 0.15) is 24.5 Å². The number of ether oxygens (including phenoxy) is 1. The van der Waals surface area contributed by atoms with E-state index in [1.54, 1.807) is 41.3 Å². The summed E-state index contributed by atoms with van der Waals surface area (Å²) in [4.78, 5) is 29.9. The molecule has 192 valence electrons. The fourth-order valence-corrected chi connectivity index (χ4v) is 5.09. The molecule has 9 heteroatoms. The summed E-state index contributed by atoms with van der Waals surface area (Å²) >= 11 is 18.2. The van der Waals surface area contributed by atoms with Crippen LogP contribution in [0.2, 0.25) is 10.0 Å². The number of aryl methyl sites for hydroxylation is 1. The highest BCUT2D eigenvalue weighted by atomic mass is 35.5. The van der Waals surface area contributed by atoms with Gasteiger partial charge in [-0.2, -0.15) is 0 Å². The molecule has 0 bridgehead atoms. The Morgan fingerprint density at radius 2 is 1.76 bits per heavy atom. The average Bonchev–Trinajstić information content (AvgIpc) is 3.09. The number of anilines is 2. The van der Waals surface area contributed by atoms with Gasteiger partial charge in [0, 0.05) is 22.3 Å². The summed E-state index contributed by atoms with van der Waals surface area (Å²) in [6.45, 7) is 4.86. The number of nitrogens with one attached hydrogen (secondary N) is 1. The van der Waals surface area contributed by atoms with E-state index in [9.17, 15) is 9.59 Å². The Hall–Kier alpha value is -3.13. The molecule has 2 amide bonds. The van der Waals surface area contributed by atoms with Crippen LogP contribution in [-0.2, 0) is 16.0 Å². The molecule has 0 radical (unpaired) electrons. The van der Waals surface area contributed by atoms with Crippen molar-refractivity contribution >= 4 is 63.7 Å². The van der Waals surface area contributed by atoms with Crippen LogP contribution < -0.4 is 15.0 Å². The van der Waals surface area contributed by atoms with Crippen molar-refractivity contribution in [2.45, 2.75) is 32.7 Å². The minimum absolute atomic E-state index is 0.0527. The fourth-order valence-electron chi connectivity index (χ4n) is 4.17. The van der Waals surface area contributed by atoms with Crippen molar-refractivity contribution in [3.8, 4) is 5.75 Å². The molecule has 3 aromatic carbocycles. The van der Waals surface area contributed by atoms with Crippen LogP contribution in [0.5, 0.6) is 5.75 Å². The van der Waals surface area contributed by atoms with Crippen LogP contribution >= 0.6 is 35.4 Å². The third-order valence-electron chi connectivity index (χ3n) is 6.08. The lowest BCUT2D eigenvalue weighted by molar-refractivity contribution is -0.124. The topological polar surface area (TPSA) is 61.9 Å². The van der Waals surface area contributed by atoms with Crippen LogP contribution in [0.3, 0.4) is 0 Å². The molecule has 0 aromatic heterocycles. The van der Waals surface area contributed by atoms with Crippen LogP contribution in [0.25, 0.3) is 0 Å². The molecular weight excluding hydrogens is 529 g/mol. The van der Waals surface area contributed by atoms with Gasteiger partial charge in [-0.15, -0.1) is 0 Å². The number of hydrogen-bond donors (Lipinski definition) is 1. The first-order chi connectivity index (χ1) is 17.8. The second-order valence-corrected chi connectivity index (χ2v) is 9.91. The van der Waals surface area contributed by atoms with Gasteiger partial charge in [0.2, 0.25) is 5.91 Å². The maximum absolute atomic E-state index is 13.6. The second kappa shape index (κ2) is 11.9. The number of amides is 2. The summed E-state index contributed by atoms with van der Waals surface area (Å²) in [6, 6.07) is 19.2. The van der Waals surface area contributed by atoms with E-state index in [2.05, 4.69) is 5.32 Å². The Morgan fingerprint density at radius 3 is 2.41 bits per heavy atom. The molecule has 1 atom stereocenters. The van der Waals surface area contributed by atoms with E-state index in [1.165, 1.54) is 4.90 Å². The Bertz CT molecular complexity index is 1300. The lowest BCUT2D eigenvalue weighted by Crippen LogP contribution is -2.39. The quantitative estimate of drug-likeness (QED) is 0.315. The molecule has 1 aliphatic rings. The number of hydrogen-bond acceptors (Lipinski definition) is 4. The molecule has 1 fully saturated rings. The largest absolute Gasteiger partial charge is 0.494 e. The van der Waals surface area contributed by atoms with Gasteiger partial charge in [0.15, 0.2) is 5.11 Å². The number of nitrogens with zero attached hydrogens (tertiary/aromatic N) is 2. The highest BCUT2D eigenvalue weighted by Gasteiger charge is 2.43. The predicted octanol–water partition coefficient (Wildman–Crippen LogP) is 6.27. The predicted molar refractivity (Wildman–Crippen MR) is 153 cm³/mol. The maximum Gasteiger partial charge on any atom is 0.256 e. The first-order valence-electron chi connectivity index (χ1n) is 11.9. The molecule has 0 aliphatic carbocycles. The van der Waals surface area contributed by atoms with E-state index >= 15 is 0 Å². The van der Waals surface area contributed by atoms with Gasteiger partial charge in [0.05, 0.1) is 18.7 Å². The molecule has 1 heterocycles. The summed E-state index contributed by atoms with van der Waals surface area (Å²) in [6.07, 6.45) is 0.477. The van der Waals surface area contributed by atoms with Gasteiger partial charge >= 0.3 is 0 Å². The van der Waals surface area contributed by atoms with Crippen LogP contribution in [0, 0.1) is 6.92 Å². The summed E-state index contributed by atoms with van der Waals surface area (Å²) in [5, 5.41) is 4.33. The molecule has 1 aliphatic heterocycles. The molecular formula is C28H27Cl2N3O3S. The Kier molecular flexibility index (Phi) is 8.69. The van der Waals surface area contributed by atoms with E-state index in [-0.39, 0.29) is 18.2 Å². The zero-order chi connectivity index (χ0) is 26.5. The minimum Gasteiger partial charge on any atom is -0.494 e. The number of benzene rings is 3. The van der Waals surface area contributed by atoms with Crippen molar-refractivity contribution in [1.82, 2.24) is 4.90 Å². The molecule has 6 nitrogen and oxygen atoms in total. The van der Waals surface area contributed by atoms with Crippen molar-refractivity contribution in [3.63, 3.8) is 0 Å². The smallest absolute Gasteiger partial charge is 0.256 e. The van der Waals surface area contributed by atoms with Gasteiger partial charge in [0.25, 0.3) is 5.91 Å². The van der Waals surface area contributed by atoms with Crippen molar-refractivity contribution in [2.75, 3.05) is 23.4 Å². The molecule has 4 rings (SSSR count). The summed E-state index contributed by atoms with van der Waals surface area (Å²) in [7, 11) is 0. The fraction of sp³-hybridized carbons (Fsp3) is 0.250. The highest BCUT2D eigenvalue weighted by molar-refractivity contribution is 7.80. The van der Waals surface area contributed by atoms with Crippen molar-refractivity contribution < 1.29 is 14.3 Å². The first kappa shape index (κ1) is 26.9. The van der Waals surface area contributed by atoms with Gasteiger partial charge in [-0.1, -0.05) is 47.0 Å². The van der Waals surface area contributed by atoms with E-state index in [1.807, 2.05) is 44.2 Å². The molecule has 0 saturated carbocycles. The first-order valence-corrected chi connectivity index (χ1v) is 13.1. The van der Waals surface area contributed by atoms with Crippen molar-refractivity contribution in [1.29, 1.82) is 0 Å². The number of carbonyl (C=O) groups is 2. The van der Waals surface area contributed by atoms with Crippen LogP contribution in [-0.4, -0.2) is 41.0 Å². The van der Waals surface area contributed by atoms with Gasteiger partial charge in [-0.25, -0.2) is 0 Å². The normalized spacial score (nSPS) is 15.3. The number of carbonyl (C=O) groups excluding carboxylic acids is 2. The Morgan fingerprint density at radius 1 is 1.05 bits per heavy atom. The molecule has 1 N–H and O–H groups in total. The van der Waals surface area contributed by atoms with Gasteiger partial charge < -0.3 is 15.0 Å². The van der Waals surface area contributed by atoms with E-state index in [0.29, 0.717) is 46.1 Å². The molecule has 37 heavy (non-hydrogen) atoms. The minimum atomic E-state index is -0.748. The van der Waals surface area contributed by atoms with Gasteiger partial charge in [0.1, 0.15) is 11.8 Å². The summed E-state index contributed by atoms with van der Waals surface area (Å²) in [5.74, 6) is 0.195. The molecule has 3 aromatic rings. The summed E-state index contributed by atoms with van der Waals surface area (Å²) in [5.41, 5.74) is 3.25. The van der Waals surface area contributed by atoms with E-state index < -0.39 is 6.04 Å². The number of thiocarbonyl (C=S) groups is 1. The monoisotopic (exact) mass is 555 g/mol. The number of rotatable bonds is 9. The second-order valence-electron chi connectivity index (χ2n) is 8.70. The lowest BCUT2D eigenvalue weighted by Gasteiger charge is -2.24. The van der Waals surface area contributed by atoms with Gasteiger partial charge in [-0.05, 0) is 86.6 Å². The Balaban J connectivity index is 1.54. The third-order valence-corrected chi connectivity index (χ3v) is 7.08. The highest BCUT2D eigenvalue weighted by Crippen LogP contribution is 2.29. The van der Waals surface area contributed by atoms with Crippen molar-refractivity contribution in [3.05, 3.63) is 87.9 Å². The standard InChI is InChI=1S/C28H27Cl2N3O3S/c1-3-36-23-12-8-21(9-13-23)31-26(34)17-25-27(35)33(22-10-4-18(2)5-11-22)28(37)32(25)15-14-19-6-7-20(29)16-24(19)30/h4-13,16,25H,3,14-15,17H2,1-2H3,(H,31,34)/t25-/m0/s1. The average molecular weight is 557 g/mol. The van der Waals surface area contributed by atoms with E-state index in [4.69, 9.17) is 40.2 Å². The maximum atomic E-state index is 13.6. The van der Waals surface area contributed by atoms with Gasteiger partial charge in [-0.3, -0.25) is 14.5 Å². The molecule has 1 saturated heterocycles. The lowest BCUT2D eigenvalue weighted by atomic mass is 10.1. The third kappa shape index (κ3) is 6.42. The van der Waals surface area contributed by atoms with E-state index in [0.717, 1.165) is 16.9 Å². The van der Waals surface area contributed by atoms with Crippen LogP contribution in [0.4, 0.5) is 11.4 Å². The van der Waals surface area contributed by atoms with Crippen molar-refractivity contribution in [2.24, 2.45) is 0 Å². The Labute approximate surface area is 232 Å². The van der Waals surface area contributed by atoms with Crippen LogP contribution in [0.15, 0.2) is 66.7 Å².